The molecule has 0 amide bonds. The van der Waals surface area contributed by atoms with Crippen molar-refractivity contribution >= 4 is 18.5 Å². The highest BCUT2D eigenvalue weighted by atomic mass is 35.6. The molecule has 64 valence electrons. The highest BCUT2D eigenvalue weighted by molar-refractivity contribution is 7.22. The van der Waals surface area contributed by atoms with Gasteiger partial charge in [-0.3, -0.25) is 0 Å². The van der Waals surface area contributed by atoms with Gasteiger partial charge >= 0.3 is 0 Å². The second-order valence-electron chi connectivity index (χ2n) is 3.30. The van der Waals surface area contributed by atoms with E-state index in [9.17, 15) is 0 Å². The molecule has 0 aromatic rings. The summed E-state index contributed by atoms with van der Waals surface area (Å²) in [6.45, 7) is 10.1. The van der Waals surface area contributed by atoms with Crippen molar-refractivity contribution in [1.29, 1.82) is 0 Å². The zero-order valence-electron chi connectivity index (χ0n) is 7.65. The summed E-state index contributed by atoms with van der Waals surface area (Å²) >= 11 is 6.20. The minimum absolute atomic E-state index is 1.10. The molecule has 0 aliphatic heterocycles. The Labute approximate surface area is 75.7 Å². The molecule has 1 unspecified atom stereocenters. The van der Waals surface area contributed by atoms with Gasteiger partial charge in [0.05, 0.1) is 0 Å². The molecule has 0 rings (SSSR count). The maximum absolute atomic E-state index is 6.20. The van der Waals surface area contributed by atoms with Crippen molar-refractivity contribution in [3.8, 4) is 0 Å². The molecule has 0 saturated carbocycles. The van der Waals surface area contributed by atoms with Gasteiger partial charge in [-0.15, -0.1) is 6.58 Å². The topological polar surface area (TPSA) is 0 Å². The fourth-order valence-corrected chi connectivity index (χ4v) is 1.99. The first-order valence-electron chi connectivity index (χ1n) is 3.94. The summed E-state index contributed by atoms with van der Waals surface area (Å²) in [4.78, 5) is 0. The lowest BCUT2D eigenvalue weighted by Crippen LogP contribution is -2.17. The molecular formula is C9H17ClSi. The molecule has 0 radical (unpaired) electrons. The molecule has 0 aromatic heterocycles. The molecule has 11 heavy (non-hydrogen) atoms. The van der Waals surface area contributed by atoms with Crippen molar-refractivity contribution in [2.24, 2.45) is 0 Å². The minimum atomic E-state index is -1.55. The van der Waals surface area contributed by atoms with Crippen molar-refractivity contribution in [3.63, 3.8) is 0 Å². The minimum Gasteiger partial charge on any atom is -0.162 e. The molecule has 0 spiro atoms. The number of allylic oxidation sites excluding steroid dienone is 2. The largest absolute Gasteiger partial charge is 0.176 e. The maximum Gasteiger partial charge on any atom is 0.176 e. The Hall–Kier alpha value is -0.0131. The summed E-state index contributed by atoms with van der Waals surface area (Å²) in [7, 11) is -1.55. The fourth-order valence-electron chi connectivity index (χ4n) is 0.745. The normalized spacial score (nSPS) is 15.3. The van der Waals surface area contributed by atoms with E-state index in [1.807, 2.05) is 5.70 Å². The van der Waals surface area contributed by atoms with Gasteiger partial charge in [-0.1, -0.05) is 23.9 Å². The summed E-state index contributed by atoms with van der Waals surface area (Å²) in [5.74, 6) is 0. The first-order chi connectivity index (χ1) is 4.98. The van der Waals surface area contributed by atoms with Gasteiger partial charge < -0.3 is 0 Å². The van der Waals surface area contributed by atoms with Gasteiger partial charge in [0.15, 0.2) is 7.38 Å². The van der Waals surface area contributed by atoms with Gasteiger partial charge in [0.1, 0.15) is 0 Å². The van der Waals surface area contributed by atoms with Crippen LogP contribution >= 0.6 is 11.1 Å². The van der Waals surface area contributed by atoms with E-state index in [4.69, 9.17) is 11.1 Å². The number of halogens is 1. The molecule has 0 heterocycles. The summed E-state index contributed by atoms with van der Waals surface area (Å²) in [6.07, 6.45) is 3.33. The smallest absolute Gasteiger partial charge is 0.162 e. The molecule has 0 aliphatic carbocycles. The fraction of sp³-hybridized carbons (Fsp3) is 0.556. The molecule has 0 fully saturated rings. The van der Waals surface area contributed by atoms with Gasteiger partial charge in [-0.2, -0.15) is 11.1 Å². The third-order valence-corrected chi connectivity index (χ3v) is 4.76. The van der Waals surface area contributed by atoms with Crippen molar-refractivity contribution < 1.29 is 0 Å². The van der Waals surface area contributed by atoms with E-state index in [0.29, 0.717) is 0 Å². The third-order valence-electron chi connectivity index (χ3n) is 1.61. The molecular weight excluding hydrogens is 172 g/mol. The van der Waals surface area contributed by atoms with Gasteiger partial charge in [0.2, 0.25) is 0 Å². The Morgan fingerprint density at radius 3 is 2.45 bits per heavy atom. The molecule has 0 aliphatic rings. The van der Waals surface area contributed by atoms with E-state index >= 15 is 0 Å². The molecule has 2 heteroatoms. The van der Waals surface area contributed by atoms with Gasteiger partial charge in [0.25, 0.3) is 0 Å². The van der Waals surface area contributed by atoms with Crippen LogP contribution in [-0.2, 0) is 0 Å². The lowest BCUT2D eigenvalue weighted by molar-refractivity contribution is 1.15. The van der Waals surface area contributed by atoms with Crippen molar-refractivity contribution in [2.45, 2.75) is 32.9 Å². The highest BCUT2D eigenvalue weighted by Crippen LogP contribution is 2.18. The van der Waals surface area contributed by atoms with Crippen molar-refractivity contribution in [2.75, 3.05) is 0 Å². The Kier molecular flexibility index (Phi) is 4.78. The van der Waals surface area contributed by atoms with Gasteiger partial charge in [-0.05, 0) is 26.3 Å². The lowest BCUT2D eigenvalue weighted by Gasteiger charge is -2.11. The molecule has 0 saturated heterocycles. The number of hydrogen-bond acceptors (Lipinski definition) is 0. The number of rotatable bonds is 4. The average molecular weight is 189 g/mol. The molecule has 0 nitrogen and oxygen atoms in total. The van der Waals surface area contributed by atoms with Crippen LogP contribution in [0.1, 0.15) is 20.3 Å². The summed E-state index contributed by atoms with van der Waals surface area (Å²) in [5.41, 5.74) is 3.31. The van der Waals surface area contributed by atoms with Gasteiger partial charge in [-0.25, -0.2) is 0 Å². The van der Waals surface area contributed by atoms with Crippen LogP contribution in [0.15, 0.2) is 23.9 Å². The Morgan fingerprint density at radius 1 is 1.55 bits per heavy atom. The van der Waals surface area contributed by atoms with E-state index in [-0.39, 0.29) is 0 Å². The van der Waals surface area contributed by atoms with E-state index < -0.39 is 7.38 Å². The Balaban J connectivity index is 3.71. The molecule has 0 N–H and O–H groups in total. The van der Waals surface area contributed by atoms with Crippen molar-refractivity contribution in [1.82, 2.24) is 0 Å². The zero-order valence-corrected chi connectivity index (χ0v) is 9.41. The molecule has 1 atom stereocenters. The standard InChI is InChI=1S/C9H17ClSi/c1-5-11(4,10)8-6-7-9(2)3/h5,7H,1,6,8H2,2-4H3. The Morgan fingerprint density at radius 2 is 2.09 bits per heavy atom. The van der Waals surface area contributed by atoms with E-state index in [0.717, 1.165) is 12.5 Å². The second kappa shape index (κ2) is 4.78. The van der Waals surface area contributed by atoms with Crippen LogP contribution in [0.2, 0.25) is 12.6 Å². The van der Waals surface area contributed by atoms with E-state index in [2.05, 4.69) is 33.0 Å². The monoisotopic (exact) mass is 188 g/mol. The third kappa shape index (κ3) is 6.39. The van der Waals surface area contributed by atoms with Crippen LogP contribution in [0.4, 0.5) is 0 Å². The predicted octanol–water partition coefficient (Wildman–Crippen LogP) is 3.88. The molecule has 0 aromatic carbocycles. The highest BCUT2D eigenvalue weighted by Gasteiger charge is 2.17. The van der Waals surface area contributed by atoms with Crippen molar-refractivity contribution in [3.05, 3.63) is 23.9 Å². The van der Waals surface area contributed by atoms with Crippen LogP contribution in [0.3, 0.4) is 0 Å². The van der Waals surface area contributed by atoms with E-state index in [1.165, 1.54) is 5.57 Å². The Bertz CT molecular complexity index is 155. The van der Waals surface area contributed by atoms with Gasteiger partial charge in [0, 0.05) is 0 Å². The average Bonchev–Trinajstić information content (AvgIpc) is 1.87. The molecule has 0 bridgehead atoms. The van der Waals surface area contributed by atoms with Crippen LogP contribution in [0, 0.1) is 0 Å². The van der Waals surface area contributed by atoms with Crippen LogP contribution in [-0.4, -0.2) is 7.38 Å². The summed E-state index contributed by atoms with van der Waals surface area (Å²) < 4.78 is 0. The number of hydrogen-bond donors (Lipinski definition) is 0. The lowest BCUT2D eigenvalue weighted by atomic mass is 10.3. The van der Waals surface area contributed by atoms with Crippen LogP contribution in [0.25, 0.3) is 0 Å². The summed E-state index contributed by atoms with van der Waals surface area (Å²) in [6, 6.07) is 1.10. The first-order valence-corrected chi connectivity index (χ1v) is 7.73. The maximum atomic E-state index is 6.20. The first kappa shape index (κ1) is 11.0. The quantitative estimate of drug-likeness (QED) is 0.357. The van der Waals surface area contributed by atoms with Crippen LogP contribution in [0.5, 0.6) is 0 Å². The second-order valence-corrected chi connectivity index (χ2v) is 9.36. The predicted molar refractivity (Wildman–Crippen MR) is 56.5 cm³/mol. The van der Waals surface area contributed by atoms with Crippen LogP contribution < -0.4 is 0 Å². The summed E-state index contributed by atoms with van der Waals surface area (Å²) in [5, 5.41) is 0. The van der Waals surface area contributed by atoms with E-state index in [1.54, 1.807) is 0 Å². The zero-order chi connectivity index (χ0) is 8.91. The SMILES string of the molecule is C=C[Si](C)(Cl)CCC=C(C)C.